The average molecular weight is 352 g/mol. The van der Waals surface area contributed by atoms with Gasteiger partial charge in [0.25, 0.3) is 0 Å². The van der Waals surface area contributed by atoms with Crippen molar-refractivity contribution < 1.29 is 9.53 Å². The number of aryl methyl sites for hydroxylation is 1. The Morgan fingerprint density at radius 2 is 1.73 bits per heavy atom. The van der Waals surface area contributed by atoms with E-state index in [1.54, 1.807) is 7.11 Å². The van der Waals surface area contributed by atoms with Crippen molar-refractivity contribution in [1.29, 1.82) is 0 Å². The average Bonchev–Trinajstić information content (AvgIpc) is 2.68. The van der Waals surface area contributed by atoms with Crippen LogP contribution in [0.4, 0.5) is 0 Å². The molecule has 1 saturated heterocycles. The zero-order valence-electron chi connectivity index (χ0n) is 15.7. The molecule has 2 aromatic carbocycles. The van der Waals surface area contributed by atoms with Crippen molar-refractivity contribution in [3.63, 3.8) is 0 Å². The van der Waals surface area contributed by atoms with Crippen LogP contribution in [0, 0.1) is 12.8 Å². The molecule has 1 fully saturated rings. The number of carbonyl (C=O) groups excluding carboxylic acids is 1. The Morgan fingerprint density at radius 3 is 2.42 bits per heavy atom. The van der Waals surface area contributed by atoms with Crippen LogP contribution in [0.1, 0.15) is 29.5 Å². The second-order valence-electron chi connectivity index (χ2n) is 7.01. The molecule has 0 saturated carbocycles. The molecule has 1 heterocycles. The van der Waals surface area contributed by atoms with Crippen molar-refractivity contribution in [2.45, 2.75) is 32.9 Å². The molecule has 1 aliphatic rings. The number of ether oxygens (including phenoxy) is 1. The first-order valence-corrected chi connectivity index (χ1v) is 9.34. The van der Waals surface area contributed by atoms with E-state index in [4.69, 9.17) is 4.74 Å². The molecule has 0 unspecified atom stereocenters. The van der Waals surface area contributed by atoms with E-state index in [1.165, 1.54) is 11.1 Å². The second kappa shape index (κ2) is 8.86. The monoisotopic (exact) mass is 352 g/mol. The van der Waals surface area contributed by atoms with Crippen LogP contribution >= 0.6 is 0 Å². The minimum Gasteiger partial charge on any atom is -0.496 e. The van der Waals surface area contributed by atoms with E-state index in [0.717, 1.165) is 43.8 Å². The number of nitrogens with zero attached hydrogens (tertiary/aromatic N) is 1. The van der Waals surface area contributed by atoms with Crippen molar-refractivity contribution in [3.8, 4) is 5.75 Å². The van der Waals surface area contributed by atoms with E-state index in [-0.39, 0.29) is 11.8 Å². The predicted octanol–water partition coefficient (Wildman–Crippen LogP) is 3.53. The molecular weight excluding hydrogens is 324 g/mol. The number of benzene rings is 2. The zero-order valence-corrected chi connectivity index (χ0v) is 15.7. The molecule has 4 heteroatoms. The van der Waals surface area contributed by atoms with E-state index in [0.29, 0.717) is 6.54 Å². The third kappa shape index (κ3) is 4.64. The Bertz CT molecular complexity index is 736. The van der Waals surface area contributed by atoms with Crippen LogP contribution in [0.2, 0.25) is 0 Å². The number of nitrogens with one attached hydrogen (secondary N) is 1. The number of para-hydroxylation sites is 1. The highest BCUT2D eigenvalue weighted by Gasteiger charge is 2.25. The molecule has 0 radical (unpaired) electrons. The maximum Gasteiger partial charge on any atom is 0.223 e. The lowest BCUT2D eigenvalue weighted by Gasteiger charge is -2.31. The van der Waals surface area contributed by atoms with Gasteiger partial charge in [0.2, 0.25) is 5.91 Å². The summed E-state index contributed by atoms with van der Waals surface area (Å²) in [4.78, 5) is 15.0. The fraction of sp³-hybridized carbons (Fsp3) is 0.409. The van der Waals surface area contributed by atoms with Crippen LogP contribution in [0.3, 0.4) is 0 Å². The number of hydrogen-bond donors (Lipinski definition) is 1. The highest BCUT2D eigenvalue weighted by molar-refractivity contribution is 5.78. The van der Waals surface area contributed by atoms with E-state index >= 15 is 0 Å². The van der Waals surface area contributed by atoms with Gasteiger partial charge in [-0.3, -0.25) is 9.69 Å². The van der Waals surface area contributed by atoms with Gasteiger partial charge < -0.3 is 10.1 Å². The van der Waals surface area contributed by atoms with E-state index in [2.05, 4.69) is 41.4 Å². The SMILES string of the molecule is COc1ccccc1CNC(=O)C1CCN(Cc2ccccc2C)CC1. The topological polar surface area (TPSA) is 41.6 Å². The molecule has 0 aromatic heterocycles. The summed E-state index contributed by atoms with van der Waals surface area (Å²) in [5, 5.41) is 3.08. The number of likely N-dealkylation sites (tertiary alicyclic amines) is 1. The van der Waals surface area contributed by atoms with Gasteiger partial charge in [-0.15, -0.1) is 0 Å². The molecule has 138 valence electrons. The minimum absolute atomic E-state index is 0.109. The fourth-order valence-corrected chi connectivity index (χ4v) is 3.56. The first kappa shape index (κ1) is 18.5. The number of rotatable bonds is 6. The summed E-state index contributed by atoms with van der Waals surface area (Å²) in [7, 11) is 1.66. The molecule has 0 bridgehead atoms. The molecule has 26 heavy (non-hydrogen) atoms. The Hall–Kier alpha value is -2.33. The van der Waals surface area contributed by atoms with Crippen LogP contribution in [-0.2, 0) is 17.9 Å². The molecular formula is C22H28N2O2. The molecule has 1 N–H and O–H groups in total. The van der Waals surface area contributed by atoms with Gasteiger partial charge in [-0.25, -0.2) is 0 Å². The van der Waals surface area contributed by atoms with Gasteiger partial charge in [-0.1, -0.05) is 42.5 Å². The van der Waals surface area contributed by atoms with Gasteiger partial charge in [-0.2, -0.15) is 0 Å². The zero-order chi connectivity index (χ0) is 18.4. The van der Waals surface area contributed by atoms with E-state index in [1.807, 2.05) is 24.3 Å². The lowest BCUT2D eigenvalue weighted by atomic mass is 9.95. The summed E-state index contributed by atoms with van der Waals surface area (Å²) in [6.07, 6.45) is 1.84. The van der Waals surface area contributed by atoms with Crippen molar-refractivity contribution in [2.75, 3.05) is 20.2 Å². The predicted molar refractivity (Wildman–Crippen MR) is 104 cm³/mol. The quantitative estimate of drug-likeness (QED) is 0.865. The molecule has 3 rings (SSSR count). The van der Waals surface area contributed by atoms with Crippen LogP contribution < -0.4 is 10.1 Å². The normalized spacial score (nSPS) is 15.6. The summed E-state index contributed by atoms with van der Waals surface area (Å²) in [6.45, 7) is 5.60. The van der Waals surface area contributed by atoms with Crippen LogP contribution in [0.25, 0.3) is 0 Å². The third-order valence-electron chi connectivity index (χ3n) is 5.26. The molecule has 1 aliphatic heterocycles. The lowest BCUT2D eigenvalue weighted by molar-refractivity contribution is -0.126. The lowest BCUT2D eigenvalue weighted by Crippen LogP contribution is -2.40. The number of hydrogen-bond acceptors (Lipinski definition) is 3. The summed E-state index contributed by atoms with van der Waals surface area (Å²) >= 11 is 0. The molecule has 1 amide bonds. The van der Waals surface area contributed by atoms with E-state index in [9.17, 15) is 4.79 Å². The van der Waals surface area contributed by atoms with Crippen molar-refractivity contribution >= 4 is 5.91 Å². The number of carbonyl (C=O) groups is 1. The maximum absolute atomic E-state index is 12.5. The van der Waals surface area contributed by atoms with Gasteiger partial charge in [0.1, 0.15) is 5.75 Å². The summed E-state index contributed by atoms with van der Waals surface area (Å²) in [5.41, 5.74) is 3.73. The highest BCUT2D eigenvalue weighted by Crippen LogP contribution is 2.21. The third-order valence-corrected chi connectivity index (χ3v) is 5.26. The highest BCUT2D eigenvalue weighted by atomic mass is 16.5. The number of piperidine rings is 1. The van der Waals surface area contributed by atoms with Crippen LogP contribution in [0.5, 0.6) is 5.75 Å². The molecule has 2 aromatic rings. The fourth-order valence-electron chi connectivity index (χ4n) is 3.56. The Kier molecular flexibility index (Phi) is 6.29. The van der Waals surface area contributed by atoms with Gasteiger partial charge in [0, 0.05) is 24.6 Å². The molecule has 4 nitrogen and oxygen atoms in total. The van der Waals surface area contributed by atoms with E-state index < -0.39 is 0 Å². The summed E-state index contributed by atoms with van der Waals surface area (Å²) < 4.78 is 5.35. The van der Waals surface area contributed by atoms with Gasteiger partial charge >= 0.3 is 0 Å². The molecule has 0 spiro atoms. The molecule has 0 atom stereocenters. The van der Waals surface area contributed by atoms with Crippen molar-refractivity contribution in [3.05, 3.63) is 65.2 Å². The Labute approximate surface area is 156 Å². The second-order valence-corrected chi connectivity index (χ2v) is 7.01. The first-order chi connectivity index (χ1) is 12.7. The van der Waals surface area contributed by atoms with Crippen molar-refractivity contribution in [2.24, 2.45) is 5.92 Å². The smallest absolute Gasteiger partial charge is 0.223 e. The first-order valence-electron chi connectivity index (χ1n) is 9.34. The number of methoxy groups -OCH3 is 1. The maximum atomic E-state index is 12.5. The summed E-state index contributed by atoms with van der Waals surface area (Å²) in [6, 6.07) is 16.4. The van der Waals surface area contributed by atoms with Crippen LogP contribution in [0.15, 0.2) is 48.5 Å². The Balaban J connectivity index is 1.47. The van der Waals surface area contributed by atoms with Crippen LogP contribution in [-0.4, -0.2) is 31.0 Å². The Morgan fingerprint density at radius 1 is 1.08 bits per heavy atom. The van der Waals surface area contributed by atoms with Gasteiger partial charge in [0.05, 0.1) is 7.11 Å². The molecule has 0 aliphatic carbocycles. The largest absolute Gasteiger partial charge is 0.496 e. The van der Waals surface area contributed by atoms with Gasteiger partial charge in [0.15, 0.2) is 0 Å². The van der Waals surface area contributed by atoms with Crippen molar-refractivity contribution in [1.82, 2.24) is 10.2 Å². The summed E-state index contributed by atoms with van der Waals surface area (Å²) in [5.74, 6) is 1.09. The minimum atomic E-state index is 0.109. The number of amides is 1. The standard InChI is InChI=1S/C22H28N2O2/c1-17-7-3-4-9-20(17)16-24-13-11-18(12-14-24)22(25)23-15-19-8-5-6-10-21(19)26-2/h3-10,18H,11-16H2,1-2H3,(H,23,25). The van der Waals surface area contributed by atoms with Gasteiger partial charge in [-0.05, 0) is 50.0 Å².